The molecule has 2 aromatic rings. The molecular formula is C20H22N4O4. The molecule has 0 atom stereocenters. The first-order valence-electron chi connectivity index (χ1n) is 9.52. The lowest BCUT2D eigenvalue weighted by Gasteiger charge is -2.37. The topological polar surface area (TPSA) is 96.6 Å². The molecule has 2 aliphatic heterocycles. The summed E-state index contributed by atoms with van der Waals surface area (Å²) in [5.74, 6) is 0.998. The number of aromatic nitrogens is 2. The monoisotopic (exact) mass is 382 g/mol. The van der Waals surface area contributed by atoms with E-state index in [1.165, 1.54) is 4.90 Å². The Kier molecular flexibility index (Phi) is 4.70. The summed E-state index contributed by atoms with van der Waals surface area (Å²) in [5.41, 5.74) is 0.870. The average Bonchev–Trinajstić information content (AvgIpc) is 3.21. The number of amides is 3. The summed E-state index contributed by atoms with van der Waals surface area (Å²) in [5, 5.41) is 3.95. The van der Waals surface area contributed by atoms with E-state index in [1.807, 2.05) is 13.8 Å². The number of carbonyl (C=O) groups excluding carboxylic acids is 3. The SMILES string of the molecule is CC(C)c1noc(C2CN(C(=O)CCCN3C(=O)c4ccccc4C3=O)C2)n1. The van der Waals surface area contributed by atoms with Gasteiger partial charge in [-0.05, 0) is 18.6 Å². The molecule has 0 bridgehead atoms. The molecule has 3 amide bonds. The van der Waals surface area contributed by atoms with Crippen LogP contribution in [0, 0.1) is 0 Å². The highest BCUT2D eigenvalue weighted by molar-refractivity contribution is 6.21. The van der Waals surface area contributed by atoms with E-state index >= 15 is 0 Å². The van der Waals surface area contributed by atoms with Gasteiger partial charge in [0.15, 0.2) is 5.82 Å². The molecule has 2 aliphatic rings. The summed E-state index contributed by atoms with van der Waals surface area (Å²) in [4.78, 5) is 44.3. The standard InChI is InChI=1S/C20H22N4O4/c1-12(2)17-21-18(28-22-17)13-10-23(11-13)16(25)8-5-9-24-19(26)14-6-3-4-7-15(14)20(24)27/h3-4,6-7,12-13H,5,8-11H2,1-2H3. The highest BCUT2D eigenvalue weighted by atomic mass is 16.5. The van der Waals surface area contributed by atoms with Crippen molar-refractivity contribution >= 4 is 17.7 Å². The lowest BCUT2D eigenvalue weighted by atomic mass is 9.99. The fourth-order valence-corrected chi connectivity index (χ4v) is 3.47. The molecule has 1 saturated heterocycles. The van der Waals surface area contributed by atoms with E-state index in [1.54, 1.807) is 29.2 Å². The van der Waals surface area contributed by atoms with Crippen molar-refractivity contribution in [1.29, 1.82) is 0 Å². The number of rotatable bonds is 6. The zero-order chi connectivity index (χ0) is 19.8. The van der Waals surface area contributed by atoms with Crippen LogP contribution in [-0.4, -0.2) is 57.3 Å². The van der Waals surface area contributed by atoms with Crippen molar-refractivity contribution in [3.63, 3.8) is 0 Å². The number of hydrogen-bond acceptors (Lipinski definition) is 6. The first kappa shape index (κ1) is 18.3. The van der Waals surface area contributed by atoms with Gasteiger partial charge in [-0.2, -0.15) is 4.98 Å². The minimum absolute atomic E-state index is 0.0106. The smallest absolute Gasteiger partial charge is 0.261 e. The van der Waals surface area contributed by atoms with E-state index in [0.29, 0.717) is 48.8 Å². The number of hydrogen-bond donors (Lipinski definition) is 0. The number of carbonyl (C=O) groups is 3. The van der Waals surface area contributed by atoms with Crippen LogP contribution in [0.2, 0.25) is 0 Å². The molecule has 28 heavy (non-hydrogen) atoms. The predicted molar refractivity (Wildman–Crippen MR) is 98.8 cm³/mol. The first-order valence-corrected chi connectivity index (χ1v) is 9.52. The van der Waals surface area contributed by atoms with Crippen LogP contribution in [0.5, 0.6) is 0 Å². The maximum absolute atomic E-state index is 12.3. The second-order valence-corrected chi connectivity index (χ2v) is 7.55. The van der Waals surface area contributed by atoms with E-state index in [2.05, 4.69) is 10.1 Å². The van der Waals surface area contributed by atoms with E-state index in [0.717, 1.165) is 0 Å². The summed E-state index contributed by atoms with van der Waals surface area (Å²) in [6.45, 7) is 5.37. The molecule has 3 heterocycles. The summed E-state index contributed by atoms with van der Waals surface area (Å²) in [6, 6.07) is 6.79. The fourth-order valence-electron chi connectivity index (χ4n) is 3.47. The summed E-state index contributed by atoms with van der Waals surface area (Å²) >= 11 is 0. The van der Waals surface area contributed by atoms with Crippen molar-refractivity contribution in [2.24, 2.45) is 0 Å². The number of imide groups is 1. The first-order chi connectivity index (χ1) is 13.5. The molecule has 0 unspecified atom stereocenters. The van der Waals surface area contributed by atoms with Crippen molar-refractivity contribution in [1.82, 2.24) is 19.9 Å². The van der Waals surface area contributed by atoms with Gasteiger partial charge in [0.2, 0.25) is 11.8 Å². The van der Waals surface area contributed by atoms with Gasteiger partial charge in [-0.25, -0.2) is 0 Å². The van der Waals surface area contributed by atoms with Crippen LogP contribution in [0.1, 0.15) is 71.0 Å². The molecule has 8 heteroatoms. The van der Waals surface area contributed by atoms with Crippen LogP contribution in [0.25, 0.3) is 0 Å². The van der Waals surface area contributed by atoms with Gasteiger partial charge >= 0.3 is 0 Å². The Morgan fingerprint density at radius 1 is 1.18 bits per heavy atom. The average molecular weight is 382 g/mol. The molecule has 1 fully saturated rings. The molecule has 0 saturated carbocycles. The second-order valence-electron chi connectivity index (χ2n) is 7.55. The number of fused-ring (bicyclic) bond motifs is 1. The van der Waals surface area contributed by atoms with Crippen LogP contribution >= 0.6 is 0 Å². The van der Waals surface area contributed by atoms with Crippen LogP contribution in [0.4, 0.5) is 0 Å². The van der Waals surface area contributed by atoms with Crippen molar-refractivity contribution in [2.75, 3.05) is 19.6 Å². The van der Waals surface area contributed by atoms with Gasteiger partial charge in [0, 0.05) is 32.0 Å². The molecule has 8 nitrogen and oxygen atoms in total. The maximum Gasteiger partial charge on any atom is 0.261 e. The molecule has 0 aliphatic carbocycles. The van der Waals surface area contributed by atoms with Gasteiger partial charge < -0.3 is 9.42 Å². The van der Waals surface area contributed by atoms with Crippen molar-refractivity contribution < 1.29 is 18.9 Å². The Hall–Kier alpha value is -3.03. The van der Waals surface area contributed by atoms with Crippen molar-refractivity contribution in [3.8, 4) is 0 Å². The lowest BCUT2D eigenvalue weighted by molar-refractivity contribution is -0.136. The second kappa shape index (κ2) is 7.18. The van der Waals surface area contributed by atoms with Crippen molar-refractivity contribution in [3.05, 3.63) is 47.1 Å². The molecule has 1 aromatic carbocycles. The van der Waals surface area contributed by atoms with Gasteiger partial charge in [0.05, 0.1) is 17.0 Å². The highest BCUT2D eigenvalue weighted by Gasteiger charge is 2.37. The van der Waals surface area contributed by atoms with E-state index in [9.17, 15) is 14.4 Å². The third kappa shape index (κ3) is 3.19. The zero-order valence-electron chi connectivity index (χ0n) is 15.9. The number of nitrogens with zero attached hydrogens (tertiary/aromatic N) is 4. The van der Waals surface area contributed by atoms with Crippen LogP contribution < -0.4 is 0 Å². The van der Waals surface area contributed by atoms with E-state index in [4.69, 9.17) is 4.52 Å². The Labute approximate surface area is 162 Å². The quantitative estimate of drug-likeness (QED) is 0.711. The minimum Gasteiger partial charge on any atom is -0.341 e. The van der Waals surface area contributed by atoms with Crippen LogP contribution in [0.3, 0.4) is 0 Å². The van der Waals surface area contributed by atoms with E-state index in [-0.39, 0.29) is 36.1 Å². The summed E-state index contributed by atoms with van der Waals surface area (Å²) < 4.78 is 5.28. The predicted octanol–water partition coefficient (Wildman–Crippen LogP) is 2.20. The van der Waals surface area contributed by atoms with Crippen LogP contribution in [-0.2, 0) is 4.79 Å². The highest BCUT2D eigenvalue weighted by Crippen LogP contribution is 2.28. The third-order valence-corrected chi connectivity index (χ3v) is 5.21. The van der Waals surface area contributed by atoms with Crippen LogP contribution in [0.15, 0.2) is 28.8 Å². The summed E-state index contributed by atoms with van der Waals surface area (Å²) in [6.07, 6.45) is 0.741. The Balaban J connectivity index is 1.24. The fraction of sp³-hybridized carbons (Fsp3) is 0.450. The minimum atomic E-state index is -0.283. The Morgan fingerprint density at radius 3 is 2.39 bits per heavy atom. The Bertz CT molecular complexity index is 895. The summed E-state index contributed by atoms with van der Waals surface area (Å²) in [7, 11) is 0. The van der Waals surface area contributed by atoms with Gasteiger partial charge in [-0.1, -0.05) is 31.1 Å². The van der Waals surface area contributed by atoms with E-state index < -0.39 is 0 Å². The number of benzene rings is 1. The normalized spacial score (nSPS) is 16.7. The molecule has 0 N–H and O–H groups in total. The lowest BCUT2D eigenvalue weighted by Crippen LogP contribution is -2.48. The zero-order valence-corrected chi connectivity index (χ0v) is 15.9. The molecule has 0 spiro atoms. The molecule has 4 rings (SSSR count). The largest absolute Gasteiger partial charge is 0.341 e. The molecule has 1 aromatic heterocycles. The Morgan fingerprint density at radius 2 is 1.82 bits per heavy atom. The van der Waals surface area contributed by atoms with Gasteiger partial charge in [-0.15, -0.1) is 0 Å². The van der Waals surface area contributed by atoms with Gasteiger partial charge in [0.1, 0.15) is 0 Å². The molecule has 0 radical (unpaired) electrons. The number of likely N-dealkylation sites (tertiary alicyclic amines) is 1. The van der Waals surface area contributed by atoms with Gasteiger partial charge in [0.25, 0.3) is 11.8 Å². The van der Waals surface area contributed by atoms with Gasteiger partial charge in [-0.3, -0.25) is 19.3 Å². The van der Waals surface area contributed by atoms with Crippen molar-refractivity contribution in [2.45, 2.75) is 38.5 Å². The maximum atomic E-state index is 12.3. The molecular weight excluding hydrogens is 360 g/mol. The third-order valence-electron chi connectivity index (χ3n) is 5.21. The molecule has 146 valence electrons.